The number of halogens is 1. The van der Waals surface area contributed by atoms with Crippen LogP contribution < -0.4 is 0 Å². The number of hydrogen-bond donors (Lipinski definition) is 0. The van der Waals surface area contributed by atoms with Gasteiger partial charge in [-0.1, -0.05) is 18.2 Å². The molecule has 18 heavy (non-hydrogen) atoms. The van der Waals surface area contributed by atoms with E-state index in [2.05, 4.69) is 30.9 Å². The van der Waals surface area contributed by atoms with Crippen LogP contribution >= 0.6 is 10.7 Å². The third-order valence-electron chi connectivity index (χ3n) is 3.38. The fourth-order valence-electron chi connectivity index (χ4n) is 2.23. The van der Waals surface area contributed by atoms with Crippen LogP contribution in [0.1, 0.15) is 30.5 Å². The van der Waals surface area contributed by atoms with Crippen molar-refractivity contribution in [3.63, 3.8) is 0 Å². The van der Waals surface area contributed by atoms with E-state index in [4.69, 9.17) is 10.7 Å². The van der Waals surface area contributed by atoms with E-state index in [1.54, 1.807) is 0 Å². The van der Waals surface area contributed by atoms with E-state index in [1.165, 1.54) is 11.1 Å². The van der Waals surface area contributed by atoms with Crippen molar-refractivity contribution in [1.29, 1.82) is 0 Å². The highest BCUT2D eigenvalue weighted by molar-refractivity contribution is 8.13. The molecule has 2 rings (SSSR count). The maximum absolute atomic E-state index is 10.9. The van der Waals surface area contributed by atoms with E-state index in [0.717, 1.165) is 18.7 Å². The Morgan fingerprint density at radius 1 is 1.28 bits per heavy atom. The van der Waals surface area contributed by atoms with Crippen LogP contribution in [0.4, 0.5) is 0 Å². The van der Waals surface area contributed by atoms with Gasteiger partial charge in [0.15, 0.2) is 0 Å². The Bertz CT molecular complexity index is 540. The molecule has 0 amide bonds. The highest BCUT2D eigenvalue weighted by atomic mass is 35.7. The summed E-state index contributed by atoms with van der Waals surface area (Å²) in [5.74, 6) is 0.00123. The summed E-state index contributed by atoms with van der Waals surface area (Å²) < 4.78 is 21.9. The Morgan fingerprint density at radius 3 is 2.56 bits per heavy atom. The zero-order chi connectivity index (χ0) is 13.3. The number of aryl methyl sites for hydroxylation is 1. The maximum Gasteiger partial charge on any atom is 0.232 e. The molecule has 1 heterocycles. The van der Waals surface area contributed by atoms with Gasteiger partial charge >= 0.3 is 0 Å². The van der Waals surface area contributed by atoms with Crippen molar-refractivity contribution in [3.05, 3.63) is 34.9 Å². The van der Waals surface area contributed by atoms with Crippen molar-refractivity contribution in [2.24, 2.45) is 0 Å². The molecule has 1 aliphatic heterocycles. The summed E-state index contributed by atoms with van der Waals surface area (Å²) in [4.78, 5) is 2.40. The van der Waals surface area contributed by atoms with Gasteiger partial charge in [-0.3, -0.25) is 4.90 Å². The molecule has 0 atom stereocenters. The largest absolute Gasteiger partial charge is 0.292 e. The second-order valence-corrected chi connectivity index (χ2v) is 7.99. The number of nitrogens with zero attached hydrogens (tertiary/aromatic N) is 1. The molecule has 1 aromatic carbocycles. The zero-order valence-electron chi connectivity index (χ0n) is 10.7. The average molecular weight is 288 g/mol. The molecule has 0 saturated carbocycles. The van der Waals surface area contributed by atoms with Gasteiger partial charge in [-0.05, 0) is 37.0 Å². The smallest absolute Gasteiger partial charge is 0.232 e. The van der Waals surface area contributed by atoms with Crippen molar-refractivity contribution in [2.45, 2.75) is 39.4 Å². The van der Waals surface area contributed by atoms with Gasteiger partial charge in [-0.15, -0.1) is 0 Å². The molecule has 0 N–H and O–H groups in total. The summed E-state index contributed by atoms with van der Waals surface area (Å²) in [6.45, 7) is 6.31. The normalized spacial score (nSPS) is 16.2. The summed E-state index contributed by atoms with van der Waals surface area (Å²) in [5.41, 5.74) is 3.71. The number of fused-ring (bicyclic) bond motifs is 1. The van der Waals surface area contributed by atoms with Gasteiger partial charge in [0.25, 0.3) is 0 Å². The van der Waals surface area contributed by atoms with E-state index in [1.807, 2.05) is 6.07 Å². The van der Waals surface area contributed by atoms with Gasteiger partial charge in [0, 0.05) is 29.8 Å². The van der Waals surface area contributed by atoms with Gasteiger partial charge in [-0.2, -0.15) is 0 Å². The summed E-state index contributed by atoms with van der Waals surface area (Å²) in [7, 11) is 1.83. The van der Waals surface area contributed by atoms with Gasteiger partial charge in [0.2, 0.25) is 9.05 Å². The summed E-state index contributed by atoms with van der Waals surface area (Å²) >= 11 is 0. The molecule has 5 heteroatoms. The minimum atomic E-state index is -3.40. The first-order chi connectivity index (χ1) is 8.35. The molecule has 0 bridgehead atoms. The average Bonchev–Trinajstić information content (AvgIpc) is 2.68. The monoisotopic (exact) mass is 287 g/mol. The van der Waals surface area contributed by atoms with Gasteiger partial charge in [0.05, 0.1) is 5.75 Å². The minimum Gasteiger partial charge on any atom is -0.292 e. The van der Waals surface area contributed by atoms with Crippen molar-refractivity contribution in [3.8, 4) is 0 Å². The van der Waals surface area contributed by atoms with E-state index in [0.29, 0.717) is 12.5 Å². The fraction of sp³-hybridized carbons (Fsp3) is 0.538. The topological polar surface area (TPSA) is 37.4 Å². The van der Waals surface area contributed by atoms with Gasteiger partial charge in [-0.25, -0.2) is 8.42 Å². The van der Waals surface area contributed by atoms with Crippen molar-refractivity contribution in [2.75, 3.05) is 5.75 Å². The van der Waals surface area contributed by atoms with Crippen LogP contribution in [0.25, 0.3) is 0 Å². The van der Waals surface area contributed by atoms with Crippen molar-refractivity contribution < 1.29 is 8.42 Å². The van der Waals surface area contributed by atoms with Gasteiger partial charge < -0.3 is 0 Å². The second kappa shape index (κ2) is 5.19. The van der Waals surface area contributed by atoms with Crippen LogP contribution in [0.15, 0.2) is 18.2 Å². The Labute approximate surface area is 113 Å². The molecular formula is C13H18ClNO2S. The minimum absolute atomic E-state index is 0.00123. The summed E-state index contributed by atoms with van der Waals surface area (Å²) in [5, 5.41) is 0. The number of benzene rings is 1. The quantitative estimate of drug-likeness (QED) is 0.799. The predicted octanol–water partition coefficient (Wildman–Crippen LogP) is 2.52. The number of rotatable bonds is 4. The Morgan fingerprint density at radius 2 is 1.94 bits per heavy atom. The molecule has 3 nitrogen and oxygen atoms in total. The molecule has 0 unspecified atom stereocenters. The molecule has 0 radical (unpaired) electrons. The SMILES string of the molecule is CC(C)N1Cc2ccc(CCS(=O)(=O)Cl)cc2C1. The lowest BCUT2D eigenvalue weighted by Crippen LogP contribution is -2.24. The number of hydrogen-bond acceptors (Lipinski definition) is 3. The first kappa shape index (κ1) is 13.8. The van der Waals surface area contributed by atoms with Crippen LogP contribution in [-0.2, 0) is 28.6 Å². The molecule has 0 aliphatic carbocycles. The zero-order valence-corrected chi connectivity index (χ0v) is 12.3. The molecule has 0 fully saturated rings. The van der Waals surface area contributed by atoms with Crippen LogP contribution in [0.5, 0.6) is 0 Å². The van der Waals surface area contributed by atoms with Crippen LogP contribution in [0.3, 0.4) is 0 Å². The molecule has 0 saturated heterocycles. The highest BCUT2D eigenvalue weighted by Crippen LogP contribution is 2.25. The van der Waals surface area contributed by atoms with E-state index in [9.17, 15) is 8.42 Å². The molecular weight excluding hydrogens is 270 g/mol. The predicted molar refractivity (Wildman–Crippen MR) is 74.2 cm³/mol. The van der Waals surface area contributed by atoms with Gasteiger partial charge in [0.1, 0.15) is 0 Å². The first-order valence-electron chi connectivity index (χ1n) is 6.12. The first-order valence-corrected chi connectivity index (χ1v) is 8.60. The molecule has 100 valence electrons. The molecule has 1 aromatic rings. The van der Waals surface area contributed by atoms with Crippen molar-refractivity contribution >= 4 is 19.7 Å². The van der Waals surface area contributed by atoms with E-state index >= 15 is 0 Å². The highest BCUT2D eigenvalue weighted by Gasteiger charge is 2.21. The summed E-state index contributed by atoms with van der Waals surface area (Å²) in [6, 6.07) is 6.75. The fourth-order valence-corrected chi connectivity index (χ4v) is 2.95. The molecule has 1 aliphatic rings. The van der Waals surface area contributed by atoms with Crippen LogP contribution in [0.2, 0.25) is 0 Å². The lowest BCUT2D eigenvalue weighted by Gasteiger charge is -2.18. The molecule has 0 aromatic heterocycles. The van der Waals surface area contributed by atoms with E-state index in [-0.39, 0.29) is 5.75 Å². The lowest BCUT2D eigenvalue weighted by molar-refractivity contribution is 0.227. The molecule has 0 spiro atoms. The Kier molecular flexibility index (Phi) is 3.99. The van der Waals surface area contributed by atoms with E-state index < -0.39 is 9.05 Å². The maximum atomic E-state index is 10.9. The van der Waals surface area contributed by atoms with Crippen LogP contribution in [-0.4, -0.2) is 25.1 Å². The third kappa shape index (κ3) is 3.46. The van der Waals surface area contributed by atoms with Crippen LogP contribution in [0, 0.1) is 0 Å². The lowest BCUT2D eigenvalue weighted by atomic mass is 10.1. The standard InChI is InChI=1S/C13H18ClNO2S/c1-10(2)15-8-12-4-3-11(7-13(12)9-15)5-6-18(14,16)17/h3-4,7,10H,5-6,8-9H2,1-2H3. The Balaban J connectivity index is 2.09. The second-order valence-electron chi connectivity index (χ2n) is 5.09. The third-order valence-corrected chi connectivity index (χ3v) is 4.54. The summed E-state index contributed by atoms with van der Waals surface area (Å²) in [6.07, 6.45) is 0.487. The Hall–Kier alpha value is -0.580. The van der Waals surface area contributed by atoms with Crippen molar-refractivity contribution in [1.82, 2.24) is 4.90 Å².